The molecule has 0 heterocycles. The summed E-state index contributed by atoms with van der Waals surface area (Å²) in [6.45, 7) is 0.132. The van der Waals surface area contributed by atoms with Crippen molar-refractivity contribution in [1.29, 1.82) is 0 Å². The average Bonchev–Trinajstić information content (AvgIpc) is 2.59. The Morgan fingerprint density at radius 3 is 1.12 bits per heavy atom. The van der Waals surface area contributed by atoms with Gasteiger partial charge in [-0.15, -0.1) is 0 Å². The van der Waals surface area contributed by atoms with Gasteiger partial charge in [-0.2, -0.15) is 0 Å². The van der Waals surface area contributed by atoms with Crippen LogP contribution in [0.25, 0.3) is 0 Å². The van der Waals surface area contributed by atoms with Crippen LogP contribution in [0.5, 0.6) is 0 Å². The standard InChI is InChI=1S/C21H41NO4/c23-21(24)19-17-15-13-11-9-7-5-3-1-2-4-6-8-10-12-14-16-18-20-22(25)26/h1-20H2,(H,23,24). The van der Waals surface area contributed by atoms with E-state index in [1.165, 1.54) is 83.5 Å². The second-order valence-corrected chi connectivity index (χ2v) is 7.56. The van der Waals surface area contributed by atoms with Gasteiger partial charge in [0.05, 0.1) is 0 Å². The smallest absolute Gasteiger partial charge is 0.303 e. The van der Waals surface area contributed by atoms with E-state index in [2.05, 4.69) is 0 Å². The van der Waals surface area contributed by atoms with Crippen LogP contribution < -0.4 is 0 Å². The van der Waals surface area contributed by atoms with Crippen molar-refractivity contribution in [2.75, 3.05) is 6.54 Å². The molecule has 0 radical (unpaired) electrons. The lowest BCUT2D eigenvalue weighted by atomic mass is 10.0. The SMILES string of the molecule is O=C(O)CCCCCCCCCCCCCCCCCCCC[N+](=O)[O-]. The molecule has 0 saturated heterocycles. The molecule has 0 spiro atoms. The Hall–Kier alpha value is -1.13. The van der Waals surface area contributed by atoms with Gasteiger partial charge in [-0.1, -0.05) is 96.3 Å². The van der Waals surface area contributed by atoms with E-state index < -0.39 is 5.97 Å². The molecule has 0 atom stereocenters. The molecule has 26 heavy (non-hydrogen) atoms. The number of aliphatic carboxylic acids is 1. The molecular formula is C21H41NO4. The predicted molar refractivity (Wildman–Crippen MR) is 107 cm³/mol. The summed E-state index contributed by atoms with van der Waals surface area (Å²) >= 11 is 0. The van der Waals surface area contributed by atoms with Gasteiger partial charge < -0.3 is 5.11 Å². The zero-order valence-corrected chi connectivity index (χ0v) is 16.8. The van der Waals surface area contributed by atoms with E-state index in [1.807, 2.05) is 0 Å². The maximum Gasteiger partial charge on any atom is 0.303 e. The third kappa shape index (κ3) is 22.9. The van der Waals surface area contributed by atoms with Crippen molar-refractivity contribution in [2.24, 2.45) is 0 Å². The molecule has 0 rings (SSSR count). The van der Waals surface area contributed by atoms with E-state index in [0.717, 1.165) is 32.1 Å². The van der Waals surface area contributed by atoms with E-state index in [1.54, 1.807) is 0 Å². The molecular weight excluding hydrogens is 330 g/mol. The topological polar surface area (TPSA) is 80.4 Å². The highest BCUT2D eigenvalue weighted by Gasteiger charge is 1.98. The summed E-state index contributed by atoms with van der Waals surface area (Å²) < 4.78 is 0. The third-order valence-electron chi connectivity index (χ3n) is 4.98. The van der Waals surface area contributed by atoms with Crippen molar-refractivity contribution < 1.29 is 14.8 Å². The summed E-state index contributed by atoms with van der Waals surface area (Å²) in [4.78, 5) is 20.4. The Morgan fingerprint density at radius 1 is 0.577 bits per heavy atom. The Morgan fingerprint density at radius 2 is 0.846 bits per heavy atom. The van der Waals surface area contributed by atoms with Crippen LogP contribution in [0.15, 0.2) is 0 Å². The van der Waals surface area contributed by atoms with Crippen molar-refractivity contribution in [1.82, 2.24) is 0 Å². The zero-order chi connectivity index (χ0) is 19.3. The second-order valence-electron chi connectivity index (χ2n) is 7.56. The van der Waals surface area contributed by atoms with Crippen molar-refractivity contribution in [3.05, 3.63) is 10.1 Å². The average molecular weight is 372 g/mol. The molecule has 0 aromatic carbocycles. The summed E-state index contributed by atoms with van der Waals surface area (Å²) in [5, 5.41) is 18.7. The Bertz CT molecular complexity index is 302. The monoisotopic (exact) mass is 371 g/mol. The van der Waals surface area contributed by atoms with Crippen LogP contribution in [0.1, 0.15) is 122 Å². The van der Waals surface area contributed by atoms with Gasteiger partial charge in [0.25, 0.3) is 0 Å². The molecule has 0 amide bonds. The zero-order valence-electron chi connectivity index (χ0n) is 16.8. The third-order valence-corrected chi connectivity index (χ3v) is 4.98. The Balaban J connectivity index is 3.01. The highest BCUT2D eigenvalue weighted by Crippen LogP contribution is 2.14. The van der Waals surface area contributed by atoms with Crippen LogP contribution in [0.2, 0.25) is 0 Å². The molecule has 1 N–H and O–H groups in total. The lowest BCUT2D eigenvalue weighted by Gasteiger charge is -2.03. The summed E-state index contributed by atoms with van der Waals surface area (Å²) in [7, 11) is 0. The molecule has 0 aliphatic carbocycles. The van der Waals surface area contributed by atoms with Crippen LogP contribution >= 0.6 is 0 Å². The van der Waals surface area contributed by atoms with Gasteiger partial charge in [-0.05, 0) is 12.8 Å². The van der Waals surface area contributed by atoms with Crippen LogP contribution in [0, 0.1) is 10.1 Å². The van der Waals surface area contributed by atoms with E-state index in [-0.39, 0.29) is 11.5 Å². The van der Waals surface area contributed by atoms with Crippen molar-refractivity contribution in [3.8, 4) is 0 Å². The lowest BCUT2D eigenvalue weighted by molar-refractivity contribution is -0.480. The predicted octanol–water partition coefficient (Wildman–Crippen LogP) is 6.76. The van der Waals surface area contributed by atoms with Gasteiger partial charge >= 0.3 is 5.97 Å². The maximum absolute atomic E-state index is 10.4. The Labute approximate surface area is 160 Å². The quantitative estimate of drug-likeness (QED) is 0.137. The lowest BCUT2D eigenvalue weighted by Crippen LogP contribution is -1.99. The number of nitrogens with zero attached hydrogens (tertiary/aromatic N) is 1. The number of carbonyl (C=O) groups is 1. The maximum atomic E-state index is 10.4. The van der Waals surface area contributed by atoms with Crippen LogP contribution in [0.3, 0.4) is 0 Å². The number of unbranched alkanes of at least 4 members (excludes halogenated alkanes) is 17. The second kappa shape index (κ2) is 20.2. The van der Waals surface area contributed by atoms with Crippen LogP contribution in [0.4, 0.5) is 0 Å². The van der Waals surface area contributed by atoms with Gasteiger partial charge in [0.15, 0.2) is 0 Å². The van der Waals surface area contributed by atoms with Gasteiger partial charge in [-0.3, -0.25) is 14.9 Å². The fourth-order valence-electron chi connectivity index (χ4n) is 3.35. The number of hydrogen-bond acceptors (Lipinski definition) is 3. The van der Waals surface area contributed by atoms with E-state index in [9.17, 15) is 14.9 Å². The van der Waals surface area contributed by atoms with E-state index in [4.69, 9.17) is 5.11 Å². The van der Waals surface area contributed by atoms with Gasteiger partial charge in [0, 0.05) is 17.8 Å². The molecule has 154 valence electrons. The number of rotatable bonds is 21. The first-order valence-electron chi connectivity index (χ1n) is 11.0. The van der Waals surface area contributed by atoms with Crippen LogP contribution in [-0.2, 0) is 4.79 Å². The molecule has 0 aromatic heterocycles. The molecule has 0 aromatic rings. The fraction of sp³-hybridized carbons (Fsp3) is 0.952. The highest BCUT2D eigenvalue weighted by atomic mass is 16.6. The number of carboxylic acid groups (broad SMARTS) is 1. The van der Waals surface area contributed by atoms with E-state index >= 15 is 0 Å². The van der Waals surface area contributed by atoms with Crippen LogP contribution in [-0.4, -0.2) is 22.5 Å². The normalized spacial score (nSPS) is 10.9. The van der Waals surface area contributed by atoms with Crippen molar-refractivity contribution in [2.45, 2.75) is 122 Å². The molecule has 0 saturated carbocycles. The molecule has 0 aliphatic rings. The molecule has 5 heteroatoms. The first-order chi connectivity index (χ1) is 12.6. The summed E-state index contributed by atoms with van der Waals surface area (Å²) in [5.41, 5.74) is 0. The summed E-state index contributed by atoms with van der Waals surface area (Å²) in [5.74, 6) is -0.671. The van der Waals surface area contributed by atoms with Gasteiger partial charge in [0.2, 0.25) is 6.54 Å². The minimum Gasteiger partial charge on any atom is -0.481 e. The Kier molecular flexibility index (Phi) is 19.3. The number of nitro groups is 1. The summed E-state index contributed by atoms with van der Waals surface area (Å²) in [6.07, 6.45) is 22.1. The molecule has 0 fully saturated rings. The molecule has 0 bridgehead atoms. The van der Waals surface area contributed by atoms with Gasteiger partial charge in [-0.25, -0.2) is 0 Å². The largest absolute Gasteiger partial charge is 0.481 e. The minimum absolute atomic E-state index is 0.132. The highest BCUT2D eigenvalue weighted by molar-refractivity contribution is 5.66. The fourth-order valence-corrected chi connectivity index (χ4v) is 3.35. The first-order valence-corrected chi connectivity index (χ1v) is 11.0. The van der Waals surface area contributed by atoms with Crippen molar-refractivity contribution in [3.63, 3.8) is 0 Å². The van der Waals surface area contributed by atoms with Crippen molar-refractivity contribution >= 4 is 5.97 Å². The first kappa shape index (κ1) is 24.9. The van der Waals surface area contributed by atoms with Gasteiger partial charge in [0.1, 0.15) is 0 Å². The minimum atomic E-state index is -0.671. The number of hydrogen-bond donors (Lipinski definition) is 1. The summed E-state index contributed by atoms with van der Waals surface area (Å²) in [6, 6.07) is 0. The molecule has 5 nitrogen and oxygen atoms in total. The molecule has 0 unspecified atom stereocenters. The molecule has 0 aliphatic heterocycles. The van der Waals surface area contributed by atoms with E-state index in [0.29, 0.717) is 6.42 Å². The number of carboxylic acids is 1.